The first-order valence-corrected chi connectivity index (χ1v) is 10.6. The van der Waals surface area contributed by atoms with Gasteiger partial charge in [-0.25, -0.2) is 0 Å². The summed E-state index contributed by atoms with van der Waals surface area (Å²) in [5.74, 6) is 0.179. The molecule has 0 spiro atoms. The molecule has 1 fully saturated rings. The van der Waals surface area contributed by atoms with Crippen LogP contribution in [0.3, 0.4) is 0 Å². The van der Waals surface area contributed by atoms with Gasteiger partial charge in [0.1, 0.15) is 0 Å². The van der Waals surface area contributed by atoms with Crippen LogP contribution in [0.15, 0.2) is 30.3 Å². The van der Waals surface area contributed by atoms with Gasteiger partial charge in [0, 0.05) is 6.04 Å². The Bertz CT molecular complexity index is 1150. The molecule has 2 heterocycles. The van der Waals surface area contributed by atoms with Crippen LogP contribution in [0.1, 0.15) is 50.3 Å². The molecule has 2 amide bonds. The van der Waals surface area contributed by atoms with Crippen LogP contribution >= 0.6 is 35.2 Å². The summed E-state index contributed by atoms with van der Waals surface area (Å²) in [6.45, 7) is 2.11. The predicted molar refractivity (Wildman–Crippen MR) is 115 cm³/mol. The molecule has 29 heavy (non-hydrogen) atoms. The molecule has 0 aliphatic heterocycles. The molecular weight excluding hydrogens is 430 g/mol. The Balaban J connectivity index is 1.44. The smallest absolute Gasteiger partial charge is 0.262 e. The van der Waals surface area contributed by atoms with Crippen LogP contribution in [-0.2, 0) is 6.54 Å². The van der Waals surface area contributed by atoms with Crippen molar-refractivity contribution in [3.05, 3.63) is 62.0 Å². The van der Waals surface area contributed by atoms with Crippen LogP contribution in [0.4, 0.5) is 5.00 Å². The molecule has 1 aromatic carbocycles. The average Bonchev–Trinajstić information content (AvgIpc) is 3.36. The van der Waals surface area contributed by atoms with Crippen LogP contribution in [0.5, 0.6) is 0 Å². The van der Waals surface area contributed by atoms with E-state index < -0.39 is 0 Å². The van der Waals surface area contributed by atoms with Gasteiger partial charge in [-0.3, -0.25) is 19.3 Å². The first-order chi connectivity index (χ1) is 13.9. The Morgan fingerprint density at radius 1 is 1.34 bits per heavy atom. The molecule has 0 unspecified atom stereocenters. The lowest BCUT2D eigenvalue weighted by atomic mass is 10.2. The van der Waals surface area contributed by atoms with Gasteiger partial charge in [0.05, 0.1) is 27.0 Å². The molecule has 0 radical (unpaired) electrons. The molecule has 0 bridgehead atoms. The van der Waals surface area contributed by atoms with Crippen molar-refractivity contribution in [1.29, 1.82) is 0 Å². The van der Waals surface area contributed by atoms with Crippen LogP contribution in [0.2, 0.25) is 5.02 Å². The van der Waals surface area contributed by atoms with Crippen molar-refractivity contribution in [2.45, 2.75) is 32.4 Å². The van der Waals surface area contributed by atoms with E-state index >= 15 is 0 Å². The van der Waals surface area contributed by atoms with Gasteiger partial charge in [0.25, 0.3) is 11.8 Å². The van der Waals surface area contributed by atoms with E-state index in [2.05, 4.69) is 20.8 Å². The number of aryl methyl sites for hydroxylation is 1. The lowest BCUT2D eigenvalue weighted by Gasteiger charge is -2.06. The number of hydrogen-bond donors (Lipinski definition) is 3. The minimum Gasteiger partial charge on any atom is -0.344 e. The summed E-state index contributed by atoms with van der Waals surface area (Å²) in [6.07, 6.45) is 2.15. The van der Waals surface area contributed by atoms with Crippen LogP contribution < -0.4 is 10.6 Å². The maximum absolute atomic E-state index is 12.7. The van der Waals surface area contributed by atoms with Gasteiger partial charge in [0.15, 0.2) is 10.6 Å². The van der Waals surface area contributed by atoms with Crippen molar-refractivity contribution in [2.24, 2.45) is 0 Å². The second-order valence-electron chi connectivity index (χ2n) is 6.79. The van der Waals surface area contributed by atoms with Gasteiger partial charge in [0.2, 0.25) is 0 Å². The number of nitrogens with one attached hydrogen (secondary N) is 3. The number of hydrogen-bond acceptors (Lipinski definition) is 5. The van der Waals surface area contributed by atoms with Crippen molar-refractivity contribution in [3.63, 3.8) is 0 Å². The number of aromatic amines is 1. The van der Waals surface area contributed by atoms with E-state index in [0.29, 0.717) is 37.1 Å². The topological polar surface area (TPSA) is 91.8 Å². The second kappa shape index (κ2) is 8.10. The highest BCUT2D eigenvalue weighted by atomic mass is 35.5. The fourth-order valence-electron chi connectivity index (χ4n) is 3.00. The highest BCUT2D eigenvalue weighted by Gasteiger charge is 2.27. The van der Waals surface area contributed by atoms with Gasteiger partial charge in [-0.15, -0.1) is 11.3 Å². The molecular formula is C19H18ClN5O2S2. The maximum Gasteiger partial charge on any atom is 0.262 e. The highest BCUT2D eigenvalue weighted by molar-refractivity contribution is 7.71. The van der Waals surface area contributed by atoms with Crippen LogP contribution in [0, 0.1) is 11.7 Å². The Kier molecular flexibility index (Phi) is 5.53. The number of benzene rings is 1. The van der Waals surface area contributed by atoms with E-state index in [1.54, 1.807) is 30.3 Å². The van der Waals surface area contributed by atoms with Gasteiger partial charge in [-0.2, -0.15) is 5.10 Å². The molecule has 4 rings (SSSR count). The minimum absolute atomic E-state index is 0.220. The van der Waals surface area contributed by atoms with E-state index in [1.165, 1.54) is 11.3 Å². The number of thiophene rings is 1. The summed E-state index contributed by atoms with van der Waals surface area (Å²) in [7, 11) is 0. The number of carbonyl (C=O) groups excluding carboxylic acids is 2. The van der Waals surface area contributed by atoms with Gasteiger partial charge in [-0.05, 0) is 55.7 Å². The molecule has 3 aromatic rings. The zero-order valence-corrected chi connectivity index (χ0v) is 17.9. The molecule has 0 atom stereocenters. The summed E-state index contributed by atoms with van der Waals surface area (Å²) in [5.41, 5.74) is 1.16. The molecule has 10 heteroatoms. The molecule has 1 aliphatic rings. The number of halogens is 1. The van der Waals surface area contributed by atoms with E-state index in [4.69, 9.17) is 23.8 Å². The standard InChI is InChI=1S/C19H18ClN5O2S2/c1-10-8-15(22-17(26)12-4-2-3-5-13(12)20)29-16(10)18(27)21-9-14-23-24-19(28)25(14)11-6-7-11/h2-5,8,11H,6-7,9H2,1H3,(H,21,27)(H,22,26)(H,24,28). The Labute approximate surface area is 181 Å². The quantitative estimate of drug-likeness (QED) is 0.486. The predicted octanol–water partition coefficient (Wildman–Crippen LogP) is 4.48. The maximum atomic E-state index is 12.7. The molecule has 0 saturated heterocycles. The largest absolute Gasteiger partial charge is 0.344 e. The number of amides is 2. The fraction of sp³-hybridized carbons (Fsp3) is 0.263. The minimum atomic E-state index is -0.316. The molecule has 3 N–H and O–H groups in total. The number of H-pyrrole nitrogens is 1. The number of rotatable bonds is 6. The van der Waals surface area contributed by atoms with Gasteiger partial charge >= 0.3 is 0 Å². The fourth-order valence-corrected chi connectivity index (χ4v) is 4.51. The van der Waals surface area contributed by atoms with Crippen molar-refractivity contribution in [1.82, 2.24) is 20.1 Å². The third-order valence-corrected chi connectivity index (χ3v) is 6.34. The van der Waals surface area contributed by atoms with E-state index in [-0.39, 0.29) is 18.4 Å². The molecule has 2 aromatic heterocycles. The Morgan fingerprint density at radius 2 is 2.10 bits per heavy atom. The highest BCUT2D eigenvalue weighted by Crippen LogP contribution is 2.35. The third kappa shape index (κ3) is 4.26. The number of carbonyl (C=O) groups is 2. The molecule has 1 saturated carbocycles. The summed E-state index contributed by atoms with van der Waals surface area (Å²) in [6, 6.07) is 8.97. The monoisotopic (exact) mass is 447 g/mol. The lowest BCUT2D eigenvalue weighted by molar-refractivity contribution is 0.0952. The molecule has 150 valence electrons. The van der Waals surface area contributed by atoms with E-state index in [9.17, 15) is 9.59 Å². The normalized spacial score (nSPS) is 13.3. The Morgan fingerprint density at radius 3 is 2.83 bits per heavy atom. The first kappa shape index (κ1) is 19.8. The van der Waals surface area contributed by atoms with Gasteiger partial charge < -0.3 is 10.6 Å². The number of aromatic nitrogens is 3. The molecule has 1 aliphatic carbocycles. The van der Waals surface area contributed by atoms with Crippen LogP contribution in [-0.4, -0.2) is 26.6 Å². The van der Waals surface area contributed by atoms with Crippen LogP contribution in [0.25, 0.3) is 0 Å². The number of anilines is 1. The zero-order chi connectivity index (χ0) is 20.5. The lowest BCUT2D eigenvalue weighted by Crippen LogP contribution is -2.24. The SMILES string of the molecule is Cc1cc(NC(=O)c2ccccc2Cl)sc1C(=O)NCc1n[nH]c(=S)n1C1CC1. The van der Waals surface area contributed by atoms with E-state index in [1.807, 2.05) is 11.5 Å². The Hall–Kier alpha value is -2.49. The third-order valence-electron chi connectivity index (χ3n) is 4.58. The second-order valence-corrected chi connectivity index (χ2v) is 8.63. The molecule has 7 nitrogen and oxygen atoms in total. The zero-order valence-electron chi connectivity index (χ0n) is 15.5. The van der Waals surface area contributed by atoms with Crippen molar-refractivity contribution in [3.8, 4) is 0 Å². The first-order valence-electron chi connectivity index (χ1n) is 9.04. The van der Waals surface area contributed by atoms with Gasteiger partial charge in [-0.1, -0.05) is 23.7 Å². The van der Waals surface area contributed by atoms with E-state index in [0.717, 1.165) is 18.4 Å². The number of nitrogens with zero attached hydrogens (tertiary/aromatic N) is 2. The average molecular weight is 448 g/mol. The summed E-state index contributed by atoms with van der Waals surface area (Å²) >= 11 is 12.6. The summed E-state index contributed by atoms with van der Waals surface area (Å²) < 4.78 is 2.54. The van der Waals surface area contributed by atoms with Crippen molar-refractivity contribution >= 4 is 52.0 Å². The van der Waals surface area contributed by atoms with Crippen molar-refractivity contribution < 1.29 is 9.59 Å². The summed E-state index contributed by atoms with van der Waals surface area (Å²) in [5, 5.41) is 13.7. The summed E-state index contributed by atoms with van der Waals surface area (Å²) in [4.78, 5) is 25.6. The van der Waals surface area contributed by atoms with Crippen molar-refractivity contribution in [2.75, 3.05) is 5.32 Å².